The monoisotopic (exact) mass is 237 g/mol. The van der Waals surface area contributed by atoms with Gasteiger partial charge in [0.15, 0.2) is 5.43 Å². The van der Waals surface area contributed by atoms with E-state index in [-0.39, 0.29) is 5.69 Å². The Kier molecular flexibility index (Phi) is 2.62. The Morgan fingerprint density at radius 2 is 2.17 bits per heavy atom. The van der Waals surface area contributed by atoms with Crippen LogP contribution in [-0.4, -0.2) is 4.98 Å². The summed E-state index contributed by atoms with van der Waals surface area (Å²) >= 11 is 3.00. The zero-order chi connectivity index (χ0) is 9.30. The summed E-state index contributed by atoms with van der Waals surface area (Å²) < 4.78 is 24.8. The van der Waals surface area contributed by atoms with Crippen molar-refractivity contribution in [2.75, 3.05) is 0 Å². The van der Waals surface area contributed by atoms with Crippen LogP contribution in [0.3, 0.4) is 0 Å². The molecule has 0 unspecified atom stereocenters. The van der Waals surface area contributed by atoms with E-state index in [0.717, 1.165) is 6.07 Å². The minimum Gasteiger partial charge on any atom is -0.353 e. The number of aromatic nitrogens is 1. The topological polar surface area (TPSA) is 32.9 Å². The number of H-pyrrole nitrogens is 1. The van der Waals surface area contributed by atoms with Gasteiger partial charge in [0.25, 0.3) is 6.43 Å². The van der Waals surface area contributed by atoms with Crippen molar-refractivity contribution in [2.45, 2.75) is 13.3 Å². The van der Waals surface area contributed by atoms with Crippen LogP contribution in [0.4, 0.5) is 8.78 Å². The Bertz CT molecular complexity index is 348. The number of hydrogen-bond donors (Lipinski definition) is 1. The van der Waals surface area contributed by atoms with E-state index in [1.54, 1.807) is 0 Å². The van der Waals surface area contributed by atoms with E-state index < -0.39 is 17.4 Å². The van der Waals surface area contributed by atoms with Crippen LogP contribution in [0.2, 0.25) is 0 Å². The van der Waals surface area contributed by atoms with E-state index in [9.17, 15) is 13.6 Å². The lowest BCUT2D eigenvalue weighted by atomic mass is 10.2. The third kappa shape index (κ3) is 1.72. The van der Waals surface area contributed by atoms with Gasteiger partial charge in [-0.25, -0.2) is 8.78 Å². The van der Waals surface area contributed by atoms with Gasteiger partial charge in [0.05, 0.1) is 10.2 Å². The molecule has 0 amide bonds. The number of rotatable bonds is 1. The van der Waals surface area contributed by atoms with Gasteiger partial charge in [0.2, 0.25) is 0 Å². The molecule has 0 radical (unpaired) electrons. The van der Waals surface area contributed by atoms with Crippen molar-refractivity contribution in [2.24, 2.45) is 0 Å². The molecule has 0 aliphatic heterocycles. The summed E-state index contributed by atoms with van der Waals surface area (Å²) in [5.41, 5.74) is -0.907. The highest BCUT2D eigenvalue weighted by Gasteiger charge is 2.15. The fraction of sp³-hybridized carbons (Fsp3) is 0.286. The molecule has 0 spiro atoms. The molecule has 12 heavy (non-hydrogen) atoms. The third-order valence-electron chi connectivity index (χ3n) is 1.45. The molecule has 0 saturated carbocycles. The Morgan fingerprint density at radius 3 is 2.58 bits per heavy atom. The Labute approximate surface area is 75.7 Å². The van der Waals surface area contributed by atoms with E-state index >= 15 is 0 Å². The summed E-state index contributed by atoms with van der Waals surface area (Å²) in [6.07, 6.45) is -2.72. The number of aromatic amines is 1. The van der Waals surface area contributed by atoms with Crippen molar-refractivity contribution in [3.8, 4) is 0 Å². The summed E-state index contributed by atoms with van der Waals surface area (Å²) in [4.78, 5) is 13.6. The Morgan fingerprint density at radius 1 is 1.58 bits per heavy atom. The average Bonchev–Trinajstić information content (AvgIpc) is 1.82. The highest BCUT2D eigenvalue weighted by molar-refractivity contribution is 9.10. The van der Waals surface area contributed by atoms with Crippen molar-refractivity contribution in [1.82, 2.24) is 4.98 Å². The minimum atomic E-state index is -2.72. The SMILES string of the molecule is Cc1[nH]c(Br)cc(=O)c1C(F)F. The molecule has 66 valence electrons. The normalized spacial score (nSPS) is 10.8. The number of aryl methyl sites for hydroxylation is 1. The summed E-state index contributed by atoms with van der Waals surface area (Å²) in [7, 11) is 0. The number of hydrogen-bond acceptors (Lipinski definition) is 1. The minimum absolute atomic E-state index is 0.198. The maximum absolute atomic E-state index is 12.2. The zero-order valence-corrected chi connectivity index (χ0v) is 7.78. The van der Waals surface area contributed by atoms with Gasteiger partial charge in [-0.3, -0.25) is 4.79 Å². The van der Waals surface area contributed by atoms with Gasteiger partial charge in [-0.2, -0.15) is 0 Å². The molecular weight excluding hydrogens is 232 g/mol. The lowest BCUT2D eigenvalue weighted by Crippen LogP contribution is -2.11. The molecule has 1 N–H and O–H groups in total. The molecule has 0 aliphatic rings. The first-order valence-electron chi connectivity index (χ1n) is 3.20. The standard InChI is InChI=1S/C7H6BrF2NO/c1-3-6(7(9)10)4(12)2-5(8)11-3/h2,7H,1H3,(H,11,12). The number of nitrogens with one attached hydrogen (secondary N) is 1. The molecule has 0 fully saturated rings. The molecule has 5 heteroatoms. The first kappa shape index (κ1) is 9.38. The lowest BCUT2D eigenvalue weighted by molar-refractivity contribution is 0.149. The summed E-state index contributed by atoms with van der Waals surface area (Å²) in [5, 5.41) is 0. The van der Waals surface area contributed by atoms with Crippen LogP contribution in [0.1, 0.15) is 17.7 Å². The number of halogens is 3. The van der Waals surface area contributed by atoms with E-state index in [1.807, 2.05) is 0 Å². The van der Waals surface area contributed by atoms with Crippen molar-refractivity contribution in [3.05, 3.63) is 32.2 Å². The van der Waals surface area contributed by atoms with Gasteiger partial charge >= 0.3 is 0 Å². The first-order valence-corrected chi connectivity index (χ1v) is 3.99. The third-order valence-corrected chi connectivity index (χ3v) is 1.88. The van der Waals surface area contributed by atoms with Crippen molar-refractivity contribution < 1.29 is 8.78 Å². The van der Waals surface area contributed by atoms with Crippen molar-refractivity contribution in [3.63, 3.8) is 0 Å². The van der Waals surface area contributed by atoms with E-state index in [1.165, 1.54) is 6.92 Å². The predicted octanol–water partition coefficient (Wildman–Crippen LogP) is 2.38. The Balaban J connectivity index is 3.39. The van der Waals surface area contributed by atoms with Gasteiger partial charge in [-0.15, -0.1) is 0 Å². The highest BCUT2D eigenvalue weighted by atomic mass is 79.9. The van der Waals surface area contributed by atoms with Gasteiger partial charge in [0.1, 0.15) is 0 Å². The quantitative estimate of drug-likeness (QED) is 0.748. The molecule has 1 heterocycles. The van der Waals surface area contributed by atoms with Gasteiger partial charge in [0, 0.05) is 11.8 Å². The maximum atomic E-state index is 12.2. The van der Waals surface area contributed by atoms with E-state index in [2.05, 4.69) is 20.9 Å². The molecule has 2 nitrogen and oxygen atoms in total. The first-order chi connectivity index (χ1) is 5.52. The molecule has 0 saturated heterocycles. The number of alkyl halides is 2. The van der Waals surface area contributed by atoms with Crippen LogP contribution in [0, 0.1) is 6.92 Å². The second-order valence-electron chi connectivity index (χ2n) is 2.32. The molecule has 0 bridgehead atoms. The van der Waals surface area contributed by atoms with Crippen LogP contribution in [0.5, 0.6) is 0 Å². The van der Waals surface area contributed by atoms with Crippen LogP contribution in [0.15, 0.2) is 15.5 Å². The van der Waals surface area contributed by atoms with Gasteiger partial charge < -0.3 is 4.98 Å². The summed E-state index contributed by atoms with van der Waals surface area (Å²) in [6, 6.07) is 1.09. The van der Waals surface area contributed by atoms with Gasteiger partial charge in [-0.1, -0.05) is 0 Å². The Hall–Kier alpha value is -0.710. The maximum Gasteiger partial charge on any atom is 0.269 e. The van der Waals surface area contributed by atoms with Gasteiger partial charge in [-0.05, 0) is 22.9 Å². The van der Waals surface area contributed by atoms with Crippen LogP contribution >= 0.6 is 15.9 Å². The van der Waals surface area contributed by atoms with Crippen LogP contribution in [0.25, 0.3) is 0 Å². The fourth-order valence-corrected chi connectivity index (χ4v) is 1.44. The highest BCUT2D eigenvalue weighted by Crippen LogP contribution is 2.18. The van der Waals surface area contributed by atoms with Crippen LogP contribution in [-0.2, 0) is 0 Å². The number of pyridine rings is 1. The summed E-state index contributed by atoms with van der Waals surface area (Å²) in [5.74, 6) is 0. The molecule has 0 atom stereocenters. The molecule has 1 rings (SSSR count). The van der Waals surface area contributed by atoms with Crippen LogP contribution < -0.4 is 5.43 Å². The van der Waals surface area contributed by atoms with Crippen molar-refractivity contribution in [1.29, 1.82) is 0 Å². The van der Waals surface area contributed by atoms with E-state index in [4.69, 9.17) is 0 Å². The molecule has 0 aliphatic carbocycles. The molecular formula is C7H6BrF2NO. The fourth-order valence-electron chi connectivity index (χ4n) is 0.931. The lowest BCUT2D eigenvalue weighted by Gasteiger charge is -2.03. The molecule has 1 aromatic rings. The molecule has 0 aromatic carbocycles. The van der Waals surface area contributed by atoms with E-state index in [0.29, 0.717) is 4.60 Å². The second kappa shape index (κ2) is 3.35. The summed E-state index contributed by atoms with van der Waals surface area (Å²) in [6.45, 7) is 1.44. The van der Waals surface area contributed by atoms with Crippen molar-refractivity contribution >= 4 is 15.9 Å². The second-order valence-corrected chi connectivity index (χ2v) is 3.18. The average molecular weight is 238 g/mol. The molecule has 1 aromatic heterocycles. The smallest absolute Gasteiger partial charge is 0.269 e. The largest absolute Gasteiger partial charge is 0.353 e. The predicted molar refractivity (Wildman–Crippen MR) is 44.5 cm³/mol. The zero-order valence-electron chi connectivity index (χ0n) is 6.20.